The summed E-state index contributed by atoms with van der Waals surface area (Å²) in [6.45, 7) is 0.697. The molecule has 1 aliphatic heterocycles. The van der Waals surface area contributed by atoms with Crippen molar-refractivity contribution in [1.82, 2.24) is 0 Å². The van der Waals surface area contributed by atoms with Crippen molar-refractivity contribution in [3.8, 4) is 0 Å². The van der Waals surface area contributed by atoms with Gasteiger partial charge >= 0.3 is 0 Å². The number of aliphatic hydroxyl groups excluding tert-OH is 1. The molecule has 0 amide bonds. The van der Waals surface area contributed by atoms with Crippen molar-refractivity contribution in [1.29, 1.82) is 0 Å². The first kappa shape index (κ1) is 7.94. The monoisotopic (exact) mass is 147 g/mol. The number of ether oxygens (including phenoxy) is 1. The number of hydrogen-bond acceptors (Lipinski definition) is 4. The first-order chi connectivity index (χ1) is 4.69. The van der Waals surface area contributed by atoms with Crippen molar-refractivity contribution in [3.63, 3.8) is 0 Å². The average Bonchev–Trinajstić information content (AvgIpc) is 1.96. The molecule has 4 N–H and O–H groups in total. The minimum atomic E-state index is -1.21. The van der Waals surface area contributed by atoms with Gasteiger partial charge in [-0.15, -0.1) is 0 Å². The van der Waals surface area contributed by atoms with E-state index in [0.717, 1.165) is 0 Å². The molecule has 10 heavy (non-hydrogen) atoms. The van der Waals surface area contributed by atoms with Crippen LogP contribution in [0, 0.1) is 0 Å². The maximum absolute atomic E-state index is 9.45. The highest BCUT2D eigenvalue weighted by molar-refractivity contribution is 4.89. The molecular weight excluding hydrogens is 134 g/mol. The molecule has 0 aromatic heterocycles. The van der Waals surface area contributed by atoms with E-state index in [0.29, 0.717) is 13.0 Å². The Morgan fingerprint density at radius 2 is 2.40 bits per heavy atom. The normalized spacial score (nSPS) is 41.7. The van der Waals surface area contributed by atoms with Crippen LogP contribution in [0.3, 0.4) is 0 Å². The summed E-state index contributed by atoms with van der Waals surface area (Å²) in [5.41, 5.74) is 4.03. The summed E-state index contributed by atoms with van der Waals surface area (Å²) in [6.07, 6.45) is -0.264. The summed E-state index contributed by atoms with van der Waals surface area (Å²) in [4.78, 5) is 0. The summed E-state index contributed by atoms with van der Waals surface area (Å²) >= 11 is 0. The first-order valence-corrected chi connectivity index (χ1v) is 3.37. The number of hydrogen-bond donors (Lipinski definition) is 3. The van der Waals surface area contributed by atoms with E-state index in [-0.39, 0.29) is 13.2 Å². The Balaban J connectivity index is 2.54. The van der Waals surface area contributed by atoms with Crippen LogP contribution in [0.15, 0.2) is 0 Å². The molecule has 4 nitrogen and oxygen atoms in total. The molecule has 2 atom stereocenters. The fourth-order valence-corrected chi connectivity index (χ4v) is 1.00. The molecule has 0 radical (unpaired) electrons. The van der Waals surface area contributed by atoms with Crippen LogP contribution in [-0.4, -0.2) is 41.7 Å². The Kier molecular flexibility index (Phi) is 2.25. The van der Waals surface area contributed by atoms with E-state index in [9.17, 15) is 10.2 Å². The first-order valence-electron chi connectivity index (χ1n) is 3.37. The zero-order chi connectivity index (χ0) is 7.61. The maximum Gasteiger partial charge on any atom is 0.126 e. The summed E-state index contributed by atoms with van der Waals surface area (Å²) in [5.74, 6) is 0. The van der Waals surface area contributed by atoms with Gasteiger partial charge in [-0.2, -0.15) is 0 Å². The van der Waals surface area contributed by atoms with Crippen LogP contribution in [0.25, 0.3) is 0 Å². The van der Waals surface area contributed by atoms with Gasteiger partial charge < -0.3 is 20.7 Å². The van der Waals surface area contributed by atoms with E-state index in [1.54, 1.807) is 0 Å². The van der Waals surface area contributed by atoms with E-state index in [4.69, 9.17) is 10.5 Å². The maximum atomic E-state index is 9.45. The Hall–Kier alpha value is -0.160. The van der Waals surface area contributed by atoms with Gasteiger partial charge in [0.1, 0.15) is 5.60 Å². The van der Waals surface area contributed by atoms with Gasteiger partial charge in [-0.25, -0.2) is 0 Å². The van der Waals surface area contributed by atoms with Gasteiger partial charge in [0.15, 0.2) is 0 Å². The predicted octanol–water partition coefficient (Wildman–Crippen LogP) is -1.54. The van der Waals surface area contributed by atoms with Gasteiger partial charge in [0.2, 0.25) is 0 Å². The van der Waals surface area contributed by atoms with Crippen LogP contribution in [0.5, 0.6) is 0 Å². The Morgan fingerprint density at radius 3 is 2.80 bits per heavy atom. The minimum Gasteiger partial charge on any atom is -0.390 e. The highest BCUT2D eigenvalue weighted by Gasteiger charge is 2.37. The lowest BCUT2D eigenvalue weighted by atomic mass is 9.94. The van der Waals surface area contributed by atoms with E-state index >= 15 is 0 Å². The summed E-state index contributed by atoms with van der Waals surface area (Å²) in [6, 6.07) is 0. The lowest BCUT2D eigenvalue weighted by Crippen LogP contribution is -2.55. The van der Waals surface area contributed by atoms with Crippen LogP contribution in [0.1, 0.15) is 6.42 Å². The quantitative estimate of drug-likeness (QED) is 0.420. The molecule has 0 bridgehead atoms. The highest BCUT2D eigenvalue weighted by atomic mass is 16.5. The Morgan fingerprint density at radius 1 is 1.70 bits per heavy atom. The third-order valence-corrected chi connectivity index (χ3v) is 1.86. The SMILES string of the molecule is NCC1(O)COCCC1O. The molecule has 1 aliphatic rings. The van der Waals surface area contributed by atoms with Crippen molar-refractivity contribution >= 4 is 0 Å². The molecule has 1 saturated heterocycles. The van der Waals surface area contributed by atoms with Crippen molar-refractivity contribution in [2.75, 3.05) is 19.8 Å². The predicted molar refractivity (Wildman–Crippen MR) is 35.4 cm³/mol. The molecular formula is C6H13NO3. The molecule has 0 saturated carbocycles. The number of nitrogens with two attached hydrogens (primary N) is 1. The number of aliphatic hydroxyl groups is 2. The third kappa shape index (κ3) is 1.29. The largest absolute Gasteiger partial charge is 0.390 e. The van der Waals surface area contributed by atoms with Gasteiger partial charge in [0, 0.05) is 13.2 Å². The van der Waals surface area contributed by atoms with Crippen molar-refractivity contribution in [2.24, 2.45) is 5.73 Å². The Bertz CT molecular complexity index is 120. The van der Waals surface area contributed by atoms with Gasteiger partial charge in [0.05, 0.1) is 12.7 Å². The van der Waals surface area contributed by atoms with Crippen LogP contribution in [0.4, 0.5) is 0 Å². The van der Waals surface area contributed by atoms with Crippen molar-refractivity contribution < 1.29 is 14.9 Å². The summed E-state index contributed by atoms with van der Waals surface area (Å²) < 4.78 is 4.96. The van der Waals surface area contributed by atoms with Crippen molar-refractivity contribution in [2.45, 2.75) is 18.1 Å². The zero-order valence-corrected chi connectivity index (χ0v) is 5.79. The van der Waals surface area contributed by atoms with Crippen LogP contribution < -0.4 is 5.73 Å². The standard InChI is InChI=1S/C6H13NO3/c7-3-6(9)4-10-2-1-5(6)8/h5,8-9H,1-4,7H2. The molecule has 0 aliphatic carbocycles. The topological polar surface area (TPSA) is 75.7 Å². The molecule has 60 valence electrons. The van der Waals surface area contributed by atoms with Crippen LogP contribution in [0.2, 0.25) is 0 Å². The molecule has 1 heterocycles. The molecule has 2 unspecified atom stereocenters. The van der Waals surface area contributed by atoms with E-state index < -0.39 is 11.7 Å². The third-order valence-electron chi connectivity index (χ3n) is 1.86. The van der Waals surface area contributed by atoms with E-state index in [1.807, 2.05) is 0 Å². The highest BCUT2D eigenvalue weighted by Crippen LogP contribution is 2.17. The minimum absolute atomic E-state index is 0.0498. The smallest absolute Gasteiger partial charge is 0.126 e. The van der Waals surface area contributed by atoms with Crippen LogP contribution in [-0.2, 0) is 4.74 Å². The second-order valence-electron chi connectivity index (χ2n) is 2.66. The lowest BCUT2D eigenvalue weighted by molar-refractivity contribution is -0.152. The molecule has 0 spiro atoms. The van der Waals surface area contributed by atoms with E-state index in [2.05, 4.69) is 0 Å². The molecule has 1 rings (SSSR count). The lowest BCUT2D eigenvalue weighted by Gasteiger charge is -2.35. The fraction of sp³-hybridized carbons (Fsp3) is 1.00. The van der Waals surface area contributed by atoms with Gasteiger partial charge in [-0.3, -0.25) is 0 Å². The van der Waals surface area contributed by atoms with Crippen molar-refractivity contribution in [3.05, 3.63) is 0 Å². The zero-order valence-electron chi connectivity index (χ0n) is 5.79. The fourth-order valence-electron chi connectivity index (χ4n) is 1.00. The second-order valence-corrected chi connectivity index (χ2v) is 2.66. The molecule has 4 heteroatoms. The molecule has 1 fully saturated rings. The van der Waals surface area contributed by atoms with Gasteiger partial charge in [-0.05, 0) is 6.42 Å². The van der Waals surface area contributed by atoms with Gasteiger partial charge in [0.25, 0.3) is 0 Å². The van der Waals surface area contributed by atoms with E-state index in [1.165, 1.54) is 0 Å². The Labute approximate surface area is 59.6 Å². The summed E-state index contributed by atoms with van der Waals surface area (Å²) in [5, 5.41) is 18.7. The molecule has 0 aromatic rings. The van der Waals surface area contributed by atoms with Gasteiger partial charge in [-0.1, -0.05) is 0 Å². The molecule has 0 aromatic carbocycles. The van der Waals surface area contributed by atoms with Crippen LogP contribution >= 0.6 is 0 Å². The average molecular weight is 147 g/mol. The summed E-state index contributed by atoms with van der Waals surface area (Å²) in [7, 11) is 0. The number of rotatable bonds is 1. The second kappa shape index (κ2) is 2.84.